The molecule has 0 aromatic carbocycles. The van der Waals surface area contributed by atoms with Gasteiger partial charge in [0.1, 0.15) is 5.60 Å². The van der Waals surface area contributed by atoms with Crippen molar-refractivity contribution in [1.29, 1.82) is 0 Å². The Kier molecular flexibility index (Phi) is 5.02. The molecular weight excluding hydrogens is 230 g/mol. The second-order valence-electron chi connectivity index (χ2n) is 6.22. The highest BCUT2D eigenvalue weighted by molar-refractivity contribution is 5.69. The van der Waals surface area contributed by atoms with E-state index in [4.69, 9.17) is 4.74 Å². The van der Waals surface area contributed by atoms with Crippen molar-refractivity contribution < 1.29 is 14.6 Å². The number of rotatable bonds is 3. The normalized spacial score (nSPS) is 25.1. The zero-order chi connectivity index (χ0) is 13.8. The number of aliphatic hydroxyl groups is 1. The summed E-state index contributed by atoms with van der Waals surface area (Å²) in [7, 11) is 0. The molecule has 1 heterocycles. The van der Waals surface area contributed by atoms with Crippen LogP contribution in [-0.2, 0) is 4.74 Å². The van der Waals surface area contributed by atoms with E-state index in [9.17, 15) is 9.90 Å². The minimum absolute atomic E-state index is 0.0279. The van der Waals surface area contributed by atoms with Crippen LogP contribution >= 0.6 is 0 Å². The molecule has 1 amide bonds. The fraction of sp³-hybridized carbons (Fsp3) is 0.929. The molecule has 4 heteroatoms. The molecule has 0 radical (unpaired) electrons. The maximum absolute atomic E-state index is 12.3. The lowest BCUT2D eigenvalue weighted by Crippen LogP contribution is -2.57. The molecule has 0 saturated carbocycles. The summed E-state index contributed by atoms with van der Waals surface area (Å²) in [5.74, 6) is 0. The van der Waals surface area contributed by atoms with Gasteiger partial charge in [-0.3, -0.25) is 0 Å². The fourth-order valence-electron chi connectivity index (χ4n) is 2.67. The van der Waals surface area contributed by atoms with Crippen molar-refractivity contribution in [1.82, 2.24) is 4.90 Å². The molecule has 0 bridgehead atoms. The summed E-state index contributed by atoms with van der Waals surface area (Å²) >= 11 is 0. The van der Waals surface area contributed by atoms with Crippen LogP contribution in [0.1, 0.15) is 59.8 Å². The quantitative estimate of drug-likeness (QED) is 0.845. The van der Waals surface area contributed by atoms with Gasteiger partial charge in [-0.2, -0.15) is 0 Å². The zero-order valence-corrected chi connectivity index (χ0v) is 12.2. The monoisotopic (exact) mass is 257 g/mol. The average molecular weight is 257 g/mol. The van der Waals surface area contributed by atoms with Gasteiger partial charge in [0.25, 0.3) is 0 Å². The minimum atomic E-state index is -0.484. The van der Waals surface area contributed by atoms with Crippen molar-refractivity contribution >= 4 is 6.09 Å². The molecule has 0 aliphatic carbocycles. The molecule has 106 valence electrons. The van der Waals surface area contributed by atoms with Crippen LogP contribution in [0.3, 0.4) is 0 Å². The molecule has 1 aliphatic heterocycles. The lowest BCUT2D eigenvalue weighted by atomic mass is 9.83. The van der Waals surface area contributed by atoms with E-state index >= 15 is 0 Å². The molecule has 0 aromatic rings. The van der Waals surface area contributed by atoms with E-state index < -0.39 is 11.1 Å². The predicted molar refractivity (Wildman–Crippen MR) is 71.5 cm³/mol. The predicted octanol–water partition coefficient (Wildman–Crippen LogP) is 2.94. The van der Waals surface area contributed by atoms with E-state index in [1.54, 1.807) is 4.90 Å². The summed E-state index contributed by atoms with van der Waals surface area (Å²) in [5.41, 5.74) is -0.892. The number of hydrogen-bond donors (Lipinski definition) is 1. The fourth-order valence-corrected chi connectivity index (χ4v) is 2.67. The summed E-state index contributed by atoms with van der Waals surface area (Å²) in [6.45, 7) is 8.41. The van der Waals surface area contributed by atoms with Crippen LogP contribution in [0, 0.1) is 0 Å². The highest BCUT2D eigenvalue weighted by Crippen LogP contribution is 2.33. The van der Waals surface area contributed by atoms with Crippen LogP contribution in [0.4, 0.5) is 4.79 Å². The van der Waals surface area contributed by atoms with E-state index in [0.717, 1.165) is 32.1 Å². The number of piperidine rings is 1. The number of carbonyl (C=O) groups excluding carboxylic acids is 1. The lowest BCUT2D eigenvalue weighted by molar-refractivity contribution is -0.0371. The van der Waals surface area contributed by atoms with E-state index in [-0.39, 0.29) is 12.7 Å². The van der Waals surface area contributed by atoms with E-state index in [1.165, 1.54) is 0 Å². The molecule has 18 heavy (non-hydrogen) atoms. The highest BCUT2D eigenvalue weighted by Gasteiger charge is 2.42. The Morgan fingerprint density at radius 1 is 1.39 bits per heavy atom. The van der Waals surface area contributed by atoms with Gasteiger partial charge in [0.05, 0.1) is 12.1 Å². The van der Waals surface area contributed by atoms with Crippen molar-refractivity contribution in [2.75, 3.05) is 13.2 Å². The molecule has 1 unspecified atom stereocenters. The summed E-state index contributed by atoms with van der Waals surface area (Å²) in [6, 6.07) is 0. The second-order valence-corrected chi connectivity index (χ2v) is 6.22. The van der Waals surface area contributed by atoms with E-state index in [0.29, 0.717) is 6.54 Å². The zero-order valence-electron chi connectivity index (χ0n) is 12.2. The molecular formula is C14H27NO3. The Bertz CT molecular complexity index is 281. The third-order valence-electron chi connectivity index (χ3n) is 3.47. The first-order valence-electron chi connectivity index (χ1n) is 6.96. The van der Waals surface area contributed by atoms with Crippen molar-refractivity contribution in [2.45, 2.75) is 70.9 Å². The van der Waals surface area contributed by atoms with Crippen LogP contribution in [-0.4, -0.2) is 40.4 Å². The smallest absolute Gasteiger partial charge is 0.410 e. The Morgan fingerprint density at radius 3 is 2.56 bits per heavy atom. The summed E-state index contributed by atoms with van der Waals surface area (Å²) < 4.78 is 5.46. The number of ether oxygens (including phenoxy) is 1. The number of hydrogen-bond acceptors (Lipinski definition) is 3. The minimum Gasteiger partial charge on any atom is -0.444 e. The number of carbonyl (C=O) groups is 1. The number of nitrogens with zero attached hydrogens (tertiary/aromatic N) is 1. The number of likely N-dealkylation sites (tertiary alicyclic amines) is 1. The van der Waals surface area contributed by atoms with Gasteiger partial charge in [0.2, 0.25) is 0 Å². The van der Waals surface area contributed by atoms with E-state index in [1.807, 2.05) is 20.8 Å². The Hall–Kier alpha value is -0.770. The van der Waals surface area contributed by atoms with Gasteiger partial charge in [0, 0.05) is 6.54 Å². The van der Waals surface area contributed by atoms with Gasteiger partial charge in [-0.25, -0.2) is 4.79 Å². The first kappa shape index (κ1) is 15.3. The maximum atomic E-state index is 12.3. The number of aliphatic hydroxyl groups excluding tert-OH is 1. The van der Waals surface area contributed by atoms with Crippen LogP contribution in [0.2, 0.25) is 0 Å². The maximum Gasteiger partial charge on any atom is 0.410 e. The highest BCUT2D eigenvalue weighted by atomic mass is 16.6. The first-order valence-corrected chi connectivity index (χ1v) is 6.96. The van der Waals surface area contributed by atoms with E-state index in [2.05, 4.69) is 6.92 Å². The number of amides is 1. The van der Waals surface area contributed by atoms with Gasteiger partial charge in [-0.05, 0) is 46.5 Å². The molecule has 1 fully saturated rings. The molecule has 1 saturated heterocycles. The van der Waals surface area contributed by atoms with Crippen LogP contribution in [0.15, 0.2) is 0 Å². The third kappa shape index (κ3) is 3.61. The second kappa shape index (κ2) is 5.91. The molecule has 1 rings (SSSR count). The molecule has 4 nitrogen and oxygen atoms in total. The molecule has 0 aromatic heterocycles. The summed E-state index contributed by atoms with van der Waals surface area (Å²) in [6.07, 6.45) is 4.44. The van der Waals surface area contributed by atoms with Crippen molar-refractivity contribution in [3.63, 3.8) is 0 Å². The van der Waals surface area contributed by atoms with Crippen molar-refractivity contribution in [3.05, 3.63) is 0 Å². The van der Waals surface area contributed by atoms with Crippen molar-refractivity contribution in [3.8, 4) is 0 Å². The topological polar surface area (TPSA) is 49.8 Å². The Balaban J connectivity index is 2.84. The van der Waals surface area contributed by atoms with Gasteiger partial charge >= 0.3 is 6.09 Å². The lowest BCUT2D eigenvalue weighted by Gasteiger charge is -2.46. The summed E-state index contributed by atoms with van der Waals surface area (Å²) in [4.78, 5) is 14.0. The Morgan fingerprint density at radius 2 is 2.06 bits per heavy atom. The average Bonchev–Trinajstić information content (AvgIpc) is 2.27. The molecule has 0 spiro atoms. The molecule has 1 atom stereocenters. The largest absolute Gasteiger partial charge is 0.444 e. The standard InChI is InChI=1S/C14H27NO3/c1-5-8-14(11-16)9-6-7-10-15(14)12(17)18-13(2,3)4/h16H,5-11H2,1-4H3. The van der Waals surface area contributed by atoms with Gasteiger partial charge < -0.3 is 14.7 Å². The van der Waals surface area contributed by atoms with Crippen molar-refractivity contribution in [2.24, 2.45) is 0 Å². The van der Waals surface area contributed by atoms with Crippen LogP contribution < -0.4 is 0 Å². The SMILES string of the molecule is CCCC1(CO)CCCCN1C(=O)OC(C)(C)C. The van der Waals surface area contributed by atoms with Gasteiger partial charge in [-0.15, -0.1) is 0 Å². The van der Waals surface area contributed by atoms with Gasteiger partial charge in [0.15, 0.2) is 0 Å². The molecule has 1 aliphatic rings. The van der Waals surface area contributed by atoms with Gasteiger partial charge in [-0.1, -0.05) is 13.3 Å². The third-order valence-corrected chi connectivity index (χ3v) is 3.47. The Labute approximate surface area is 110 Å². The summed E-state index contributed by atoms with van der Waals surface area (Å²) in [5, 5.41) is 9.74. The van der Waals surface area contributed by atoms with Crippen LogP contribution in [0.25, 0.3) is 0 Å². The molecule has 1 N–H and O–H groups in total. The first-order chi connectivity index (χ1) is 8.34. The van der Waals surface area contributed by atoms with Crippen LogP contribution in [0.5, 0.6) is 0 Å².